The lowest BCUT2D eigenvalue weighted by atomic mass is 10.1. The summed E-state index contributed by atoms with van der Waals surface area (Å²) in [7, 11) is 1.51. The van der Waals surface area contributed by atoms with Crippen molar-refractivity contribution in [3.63, 3.8) is 0 Å². The van der Waals surface area contributed by atoms with Gasteiger partial charge in [-0.2, -0.15) is 0 Å². The first-order valence-electron chi connectivity index (χ1n) is 10.5. The van der Waals surface area contributed by atoms with Gasteiger partial charge in [0.05, 0.1) is 32.9 Å². The van der Waals surface area contributed by atoms with Crippen LogP contribution in [0.25, 0.3) is 31.6 Å². The first kappa shape index (κ1) is 23.2. The second kappa shape index (κ2) is 9.61. The summed E-state index contributed by atoms with van der Waals surface area (Å²) in [6.45, 7) is 0. The number of thiocarbonyl (C=S) groups is 1. The SMILES string of the molecule is COc1c(C(=O)NC(=S)Nc2ccc(-c3nc4ccccc4s3)c(O)c2)cc2ccccc2c1Br. The van der Waals surface area contributed by atoms with Gasteiger partial charge in [-0.05, 0) is 69.3 Å². The van der Waals surface area contributed by atoms with Crippen molar-refractivity contribution in [2.45, 2.75) is 0 Å². The Morgan fingerprint density at radius 1 is 1.09 bits per heavy atom. The summed E-state index contributed by atoms with van der Waals surface area (Å²) in [6, 6.07) is 22.4. The van der Waals surface area contributed by atoms with Crippen LogP contribution in [-0.2, 0) is 0 Å². The van der Waals surface area contributed by atoms with E-state index >= 15 is 0 Å². The molecule has 0 atom stereocenters. The van der Waals surface area contributed by atoms with Gasteiger partial charge in [0.25, 0.3) is 5.91 Å². The highest BCUT2D eigenvalue weighted by Crippen LogP contribution is 2.37. The Morgan fingerprint density at radius 2 is 1.86 bits per heavy atom. The fourth-order valence-electron chi connectivity index (χ4n) is 3.76. The predicted octanol–water partition coefficient (Wildman–Crippen LogP) is 6.72. The second-order valence-corrected chi connectivity index (χ2v) is 9.85. The van der Waals surface area contributed by atoms with Gasteiger partial charge in [-0.25, -0.2) is 4.98 Å². The number of para-hydroxylation sites is 1. The zero-order valence-electron chi connectivity index (χ0n) is 18.3. The Bertz CT molecular complexity index is 1580. The van der Waals surface area contributed by atoms with Crippen LogP contribution in [0.5, 0.6) is 11.5 Å². The first-order chi connectivity index (χ1) is 16.9. The number of phenols is 1. The fraction of sp³-hybridized carbons (Fsp3) is 0.0385. The minimum Gasteiger partial charge on any atom is -0.507 e. The smallest absolute Gasteiger partial charge is 0.261 e. The molecule has 1 aromatic heterocycles. The number of aromatic hydroxyl groups is 1. The summed E-state index contributed by atoms with van der Waals surface area (Å²) >= 11 is 10.4. The van der Waals surface area contributed by atoms with E-state index < -0.39 is 5.91 Å². The number of hydrogen-bond donors (Lipinski definition) is 3. The molecular formula is C26H18BrN3O3S2. The number of nitrogens with one attached hydrogen (secondary N) is 2. The van der Waals surface area contributed by atoms with E-state index in [1.54, 1.807) is 24.3 Å². The Kier molecular flexibility index (Phi) is 6.38. The molecule has 9 heteroatoms. The Balaban J connectivity index is 1.34. The minimum atomic E-state index is -0.416. The second-order valence-electron chi connectivity index (χ2n) is 7.62. The highest BCUT2D eigenvalue weighted by atomic mass is 79.9. The third-order valence-corrected chi connectivity index (χ3v) is 7.46. The van der Waals surface area contributed by atoms with Crippen LogP contribution in [-0.4, -0.2) is 28.2 Å². The third kappa shape index (κ3) is 4.58. The zero-order chi connectivity index (χ0) is 24.5. The van der Waals surface area contributed by atoms with Crippen molar-refractivity contribution in [3.8, 4) is 22.1 Å². The molecule has 0 aliphatic heterocycles. The molecule has 1 amide bonds. The molecule has 0 aliphatic carbocycles. The Hall–Kier alpha value is -3.53. The number of thiazole rings is 1. The van der Waals surface area contributed by atoms with Gasteiger partial charge >= 0.3 is 0 Å². The number of amides is 1. The van der Waals surface area contributed by atoms with Crippen LogP contribution in [0.15, 0.2) is 77.3 Å². The number of nitrogens with zero attached hydrogens (tertiary/aromatic N) is 1. The molecule has 174 valence electrons. The number of carbonyl (C=O) groups excluding carboxylic acids is 1. The van der Waals surface area contributed by atoms with Crippen molar-refractivity contribution >= 4 is 77.2 Å². The number of carbonyl (C=O) groups is 1. The lowest BCUT2D eigenvalue weighted by Gasteiger charge is -2.15. The van der Waals surface area contributed by atoms with E-state index in [-0.39, 0.29) is 10.9 Å². The number of anilines is 1. The van der Waals surface area contributed by atoms with Gasteiger partial charge in [-0.3, -0.25) is 10.1 Å². The normalized spacial score (nSPS) is 10.9. The van der Waals surface area contributed by atoms with E-state index in [0.717, 1.165) is 26.0 Å². The van der Waals surface area contributed by atoms with Gasteiger partial charge in [-0.1, -0.05) is 36.4 Å². The zero-order valence-corrected chi connectivity index (χ0v) is 21.6. The quantitative estimate of drug-likeness (QED) is 0.210. The number of hydrogen-bond acceptors (Lipinski definition) is 6. The number of ether oxygens (including phenoxy) is 1. The van der Waals surface area contributed by atoms with Crippen LogP contribution in [0.2, 0.25) is 0 Å². The summed E-state index contributed by atoms with van der Waals surface area (Å²) in [5, 5.41) is 18.9. The third-order valence-electron chi connectivity index (χ3n) is 5.40. The molecule has 5 aromatic rings. The lowest BCUT2D eigenvalue weighted by molar-refractivity contribution is 0.0975. The number of fused-ring (bicyclic) bond motifs is 2. The number of benzene rings is 4. The molecule has 4 aromatic carbocycles. The van der Waals surface area contributed by atoms with E-state index in [9.17, 15) is 9.90 Å². The standard InChI is InChI=1S/C26H18BrN3O3S2/c1-33-23-18(12-14-6-2-3-7-16(14)22(23)27)24(32)30-26(34)28-15-10-11-17(20(31)13-15)25-29-19-8-4-5-9-21(19)35-25/h2-13,31H,1H3,(H2,28,30,32,34). The maximum absolute atomic E-state index is 13.0. The lowest BCUT2D eigenvalue weighted by Crippen LogP contribution is -2.34. The van der Waals surface area contributed by atoms with Crippen molar-refractivity contribution in [2.75, 3.05) is 12.4 Å². The van der Waals surface area contributed by atoms with Crippen molar-refractivity contribution < 1.29 is 14.6 Å². The maximum atomic E-state index is 13.0. The predicted molar refractivity (Wildman–Crippen MR) is 149 cm³/mol. The van der Waals surface area contributed by atoms with Gasteiger partial charge in [0.1, 0.15) is 16.5 Å². The molecule has 1 heterocycles. The summed E-state index contributed by atoms with van der Waals surface area (Å²) in [4.78, 5) is 17.6. The van der Waals surface area contributed by atoms with Crippen molar-refractivity contribution in [1.82, 2.24) is 10.3 Å². The van der Waals surface area contributed by atoms with Crippen molar-refractivity contribution in [1.29, 1.82) is 0 Å². The largest absolute Gasteiger partial charge is 0.507 e. The van der Waals surface area contributed by atoms with E-state index in [4.69, 9.17) is 17.0 Å². The van der Waals surface area contributed by atoms with Crippen molar-refractivity contribution in [2.24, 2.45) is 0 Å². The summed E-state index contributed by atoms with van der Waals surface area (Å²) in [6.07, 6.45) is 0. The maximum Gasteiger partial charge on any atom is 0.261 e. The van der Waals surface area contributed by atoms with Crippen LogP contribution in [0, 0.1) is 0 Å². The van der Waals surface area contributed by atoms with Gasteiger partial charge in [-0.15, -0.1) is 11.3 Å². The van der Waals surface area contributed by atoms with E-state index in [1.807, 2.05) is 48.5 Å². The number of halogens is 1. The van der Waals surface area contributed by atoms with Crippen LogP contribution in [0.1, 0.15) is 10.4 Å². The monoisotopic (exact) mass is 563 g/mol. The topological polar surface area (TPSA) is 83.5 Å². The van der Waals surface area contributed by atoms with Gasteiger partial charge in [0, 0.05) is 11.8 Å². The number of phenolic OH excluding ortho intramolecular Hbond substituents is 1. The van der Waals surface area contributed by atoms with Crippen LogP contribution >= 0.6 is 39.5 Å². The molecule has 0 fully saturated rings. The average molecular weight is 564 g/mol. The summed E-state index contributed by atoms with van der Waals surface area (Å²) < 4.78 is 7.23. The number of aromatic nitrogens is 1. The first-order valence-corrected chi connectivity index (χ1v) is 12.5. The molecule has 6 nitrogen and oxygen atoms in total. The van der Waals surface area contributed by atoms with Gasteiger partial charge in [0.15, 0.2) is 5.11 Å². The number of rotatable bonds is 4. The average Bonchev–Trinajstić information content (AvgIpc) is 3.28. The van der Waals surface area contributed by atoms with E-state index in [2.05, 4.69) is 31.5 Å². The van der Waals surface area contributed by atoms with Gasteiger partial charge in [0.2, 0.25) is 0 Å². The molecule has 0 bridgehead atoms. The Morgan fingerprint density at radius 3 is 2.63 bits per heavy atom. The summed E-state index contributed by atoms with van der Waals surface area (Å²) in [5.74, 6) is 0.0614. The molecule has 0 saturated heterocycles. The van der Waals surface area contributed by atoms with Crippen LogP contribution < -0.4 is 15.4 Å². The van der Waals surface area contributed by atoms with Crippen LogP contribution in [0.3, 0.4) is 0 Å². The highest BCUT2D eigenvalue weighted by Gasteiger charge is 2.19. The Labute approximate surface area is 218 Å². The van der Waals surface area contributed by atoms with E-state index in [1.165, 1.54) is 18.4 Å². The van der Waals surface area contributed by atoms with E-state index in [0.29, 0.717) is 27.0 Å². The van der Waals surface area contributed by atoms with Crippen molar-refractivity contribution in [3.05, 3.63) is 82.8 Å². The molecule has 3 N–H and O–H groups in total. The molecular weight excluding hydrogens is 546 g/mol. The fourth-order valence-corrected chi connectivity index (χ4v) is 5.71. The highest BCUT2D eigenvalue weighted by molar-refractivity contribution is 9.10. The molecule has 0 aliphatic rings. The van der Waals surface area contributed by atoms with Crippen LogP contribution in [0.4, 0.5) is 5.69 Å². The van der Waals surface area contributed by atoms with Gasteiger partial charge < -0.3 is 15.2 Å². The minimum absolute atomic E-state index is 0.0586. The summed E-state index contributed by atoms with van der Waals surface area (Å²) in [5.41, 5.74) is 2.38. The molecule has 0 radical (unpaired) electrons. The number of methoxy groups -OCH3 is 1. The molecule has 0 unspecified atom stereocenters. The molecule has 0 spiro atoms. The molecule has 0 saturated carbocycles. The molecule has 5 rings (SSSR count). The molecule has 35 heavy (non-hydrogen) atoms.